The Labute approximate surface area is 144 Å². The van der Waals surface area contributed by atoms with Crippen LogP contribution >= 0.6 is 0 Å². The van der Waals surface area contributed by atoms with Crippen LogP contribution in [0.3, 0.4) is 0 Å². The minimum atomic E-state index is 0.0315. The number of hydrogen-bond acceptors (Lipinski definition) is 3. The SMILES string of the molecule is CCc1cccc(CC)c1NC(=O)CN1CCC(C(=O)NC)CC1. The van der Waals surface area contributed by atoms with Crippen LogP contribution in [0.2, 0.25) is 0 Å². The van der Waals surface area contributed by atoms with E-state index in [9.17, 15) is 9.59 Å². The van der Waals surface area contributed by atoms with Crippen molar-refractivity contribution in [2.75, 3.05) is 32.0 Å². The van der Waals surface area contributed by atoms with E-state index in [1.165, 1.54) is 11.1 Å². The summed E-state index contributed by atoms with van der Waals surface area (Å²) >= 11 is 0. The third-order valence-electron chi connectivity index (χ3n) is 4.84. The van der Waals surface area contributed by atoms with E-state index >= 15 is 0 Å². The van der Waals surface area contributed by atoms with Crippen molar-refractivity contribution < 1.29 is 9.59 Å². The van der Waals surface area contributed by atoms with Gasteiger partial charge in [-0.2, -0.15) is 0 Å². The highest BCUT2D eigenvalue weighted by molar-refractivity contribution is 5.93. The molecule has 1 aromatic carbocycles. The van der Waals surface area contributed by atoms with Crippen LogP contribution in [0.4, 0.5) is 5.69 Å². The first-order chi connectivity index (χ1) is 11.6. The average Bonchev–Trinajstić information content (AvgIpc) is 2.61. The van der Waals surface area contributed by atoms with E-state index in [2.05, 4.69) is 47.6 Å². The van der Waals surface area contributed by atoms with Crippen molar-refractivity contribution in [3.8, 4) is 0 Å². The van der Waals surface area contributed by atoms with Crippen molar-refractivity contribution in [3.05, 3.63) is 29.3 Å². The van der Waals surface area contributed by atoms with Gasteiger partial charge in [0.1, 0.15) is 0 Å². The topological polar surface area (TPSA) is 61.4 Å². The van der Waals surface area contributed by atoms with Gasteiger partial charge in [0.25, 0.3) is 0 Å². The van der Waals surface area contributed by atoms with Gasteiger partial charge in [0.15, 0.2) is 0 Å². The molecule has 0 atom stereocenters. The lowest BCUT2D eigenvalue weighted by atomic mass is 9.96. The van der Waals surface area contributed by atoms with Crippen LogP contribution in [0.15, 0.2) is 18.2 Å². The highest BCUT2D eigenvalue weighted by Crippen LogP contribution is 2.23. The second kappa shape index (κ2) is 8.83. The summed E-state index contributed by atoms with van der Waals surface area (Å²) in [4.78, 5) is 26.3. The molecular weight excluding hydrogens is 302 g/mol. The first-order valence-corrected chi connectivity index (χ1v) is 8.93. The van der Waals surface area contributed by atoms with Crippen molar-refractivity contribution in [1.29, 1.82) is 0 Å². The van der Waals surface area contributed by atoms with Crippen LogP contribution in [-0.2, 0) is 22.4 Å². The van der Waals surface area contributed by atoms with Gasteiger partial charge in [0.2, 0.25) is 11.8 Å². The molecule has 2 N–H and O–H groups in total. The number of nitrogens with zero attached hydrogens (tertiary/aromatic N) is 1. The fourth-order valence-electron chi connectivity index (χ4n) is 3.34. The minimum Gasteiger partial charge on any atom is -0.359 e. The molecule has 0 radical (unpaired) electrons. The Hall–Kier alpha value is -1.88. The molecule has 5 nitrogen and oxygen atoms in total. The van der Waals surface area contributed by atoms with Gasteiger partial charge in [-0.25, -0.2) is 0 Å². The van der Waals surface area contributed by atoms with Crippen molar-refractivity contribution in [2.24, 2.45) is 5.92 Å². The lowest BCUT2D eigenvalue weighted by molar-refractivity contribution is -0.126. The van der Waals surface area contributed by atoms with E-state index in [1.54, 1.807) is 7.05 Å². The Balaban J connectivity index is 1.92. The summed E-state index contributed by atoms with van der Waals surface area (Å²) in [7, 11) is 1.68. The predicted molar refractivity (Wildman–Crippen MR) is 97.1 cm³/mol. The van der Waals surface area contributed by atoms with Gasteiger partial charge in [0.05, 0.1) is 6.54 Å². The fourth-order valence-corrected chi connectivity index (χ4v) is 3.34. The van der Waals surface area contributed by atoms with Crippen LogP contribution in [0.25, 0.3) is 0 Å². The normalized spacial score (nSPS) is 16.0. The smallest absolute Gasteiger partial charge is 0.238 e. The highest BCUT2D eigenvalue weighted by atomic mass is 16.2. The summed E-state index contributed by atoms with van der Waals surface area (Å²) in [6.45, 7) is 6.19. The van der Waals surface area contributed by atoms with Gasteiger partial charge in [-0.1, -0.05) is 32.0 Å². The number of likely N-dealkylation sites (tertiary alicyclic amines) is 1. The minimum absolute atomic E-state index is 0.0315. The zero-order valence-corrected chi connectivity index (χ0v) is 15.0. The Morgan fingerprint density at radius 3 is 2.21 bits per heavy atom. The predicted octanol–water partition coefficient (Wildman–Crippen LogP) is 2.21. The number of hydrogen-bond donors (Lipinski definition) is 2. The zero-order chi connectivity index (χ0) is 17.5. The Morgan fingerprint density at radius 2 is 1.71 bits per heavy atom. The number of aryl methyl sites for hydroxylation is 2. The monoisotopic (exact) mass is 331 g/mol. The molecule has 1 aliphatic rings. The molecule has 2 amide bonds. The van der Waals surface area contributed by atoms with E-state index in [1.807, 2.05) is 0 Å². The summed E-state index contributed by atoms with van der Waals surface area (Å²) in [5.74, 6) is 0.231. The number of nitrogens with one attached hydrogen (secondary N) is 2. The quantitative estimate of drug-likeness (QED) is 0.840. The maximum Gasteiger partial charge on any atom is 0.238 e. The summed E-state index contributed by atoms with van der Waals surface area (Å²) in [6.07, 6.45) is 3.44. The Morgan fingerprint density at radius 1 is 1.12 bits per heavy atom. The van der Waals surface area contributed by atoms with E-state index < -0.39 is 0 Å². The maximum atomic E-state index is 12.5. The molecule has 1 fully saturated rings. The molecule has 1 heterocycles. The second-order valence-electron chi connectivity index (χ2n) is 6.37. The van der Waals surface area contributed by atoms with Crippen LogP contribution < -0.4 is 10.6 Å². The lowest BCUT2D eigenvalue weighted by Crippen LogP contribution is -2.42. The van der Waals surface area contributed by atoms with Crippen molar-refractivity contribution in [3.63, 3.8) is 0 Å². The number of para-hydroxylation sites is 1. The molecule has 5 heteroatoms. The standard InChI is InChI=1S/C19H29N3O2/c1-4-14-7-6-8-15(5-2)18(14)21-17(23)13-22-11-9-16(10-12-22)19(24)20-3/h6-8,16H,4-5,9-13H2,1-3H3,(H,20,24)(H,21,23). The molecule has 24 heavy (non-hydrogen) atoms. The van der Waals surface area contributed by atoms with Crippen LogP contribution in [0, 0.1) is 5.92 Å². The van der Waals surface area contributed by atoms with Gasteiger partial charge >= 0.3 is 0 Å². The van der Waals surface area contributed by atoms with E-state index in [0.717, 1.165) is 44.5 Å². The molecule has 132 valence electrons. The summed E-state index contributed by atoms with van der Waals surface area (Å²) in [6, 6.07) is 6.20. The zero-order valence-electron chi connectivity index (χ0n) is 15.0. The summed E-state index contributed by atoms with van der Waals surface area (Å²) in [5, 5.41) is 5.83. The van der Waals surface area contributed by atoms with Gasteiger partial charge in [0, 0.05) is 18.7 Å². The molecule has 0 spiro atoms. The molecule has 0 aliphatic carbocycles. The number of carbonyl (C=O) groups excluding carboxylic acids is 2. The number of benzene rings is 1. The van der Waals surface area contributed by atoms with Crippen LogP contribution in [-0.4, -0.2) is 43.4 Å². The molecule has 2 rings (SSSR count). The first kappa shape index (κ1) is 18.5. The van der Waals surface area contributed by atoms with Crippen molar-refractivity contribution in [1.82, 2.24) is 10.2 Å². The summed E-state index contributed by atoms with van der Waals surface area (Å²) < 4.78 is 0. The summed E-state index contributed by atoms with van der Waals surface area (Å²) in [5.41, 5.74) is 3.34. The largest absolute Gasteiger partial charge is 0.359 e. The van der Waals surface area contributed by atoms with Crippen LogP contribution in [0.1, 0.15) is 37.8 Å². The van der Waals surface area contributed by atoms with Gasteiger partial charge < -0.3 is 10.6 Å². The highest BCUT2D eigenvalue weighted by Gasteiger charge is 2.25. The van der Waals surface area contributed by atoms with Gasteiger partial charge in [-0.3, -0.25) is 14.5 Å². The average molecular weight is 331 g/mol. The number of rotatable bonds is 6. The Kier molecular flexibility index (Phi) is 6.79. The van der Waals surface area contributed by atoms with E-state index in [-0.39, 0.29) is 17.7 Å². The molecular formula is C19H29N3O2. The van der Waals surface area contributed by atoms with E-state index in [0.29, 0.717) is 6.54 Å². The lowest BCUT2D eigenvalue weighted by Gasteiger charge is -2.30. The third kappa shape index (κ3) is 4.57. The molecule has 0 unspecified atom stereocenters. The molecule has 0 saturated carbocycles. The van der Waals surface area contributed by atoms with E-state index in [4.69, 9.17) is 0 Å². The molecule has 1 aliphatic heterocycles. The molecule has 0 aromatic heterocycles. The number of carbonyl (C=O) groups is 2. The number of anilines is 1. The molecule has 0 bridgehead atoms. The van der Waals surface area contributed by atoms with Crippen molar-refractivity contribution >= 4 is 17.5 Å². The second-order valence-corrected chi connectivity index (χ2v) is 6.37. The number of piperidine rings is 1. The molecule has 1 saturated heterocycles. The maximum absolute atomic E-state index is 12.5. The third-order valence-corrected chi connectivity index (χ3v) is 4.84. The fraction of sp³-hybridized carbons (Fsp3) is 0.579. The Bertz CT molecular complexity index is 556. The number of amides is 2. The van der Waals surface area contributed by atoms with Gasteiger partial charge in [-0.15, -0.1) is 0 Å². The van der Waals surface area contributed by atoms with Crippen LogP contribution in [0.5, 0.6) is 0 Å². The van der Waals surface area contributed by atoms with Gasteiger partial charge in [-0.05, 0) is 49.9 Å². The van der Waals surface area contributed by atoms with Crippen molar-refractivity contribution in [2.45, 2.75) is 39.5 Å². The molecule has 1 aromatic rings. The first-order valence-electron chi connectivity index (χ1n) is 8.93.